The first-order chi connectivity index (χ1) is 11.8. The number of nitrogens with zero attached hydrogens (tertiary/aromatic N) is 3. The number of rotatable bonds is 3. The number of hydrogen-bond donors (Lipinski definition) is 0. The number of benzene rings is 1. The van der Waals surface area contributed by atoms with Gasteiger partial charge < -0.3 is 4.90 Å². The molecule has 0 amide bonds. The van der Waals surface area contributed by atoms with Gasteiger partial charge in [-0.3, -0.25) is 9.80 Å². The average Bonchev–Trinajstić information content (AvgIpc) is 2.57. The van der Waals surface area contributed by atoms with E-state index in [0.717, 1.165) is 45.3 Å². The SMILES string of the molecule is CN1CCC(N2CCN(Cc3ccc(C(F)(F)F)cc3F)CC2)CC1. The summed E-state index contributed by atoms with van der Waals surface area (Å²) < 4.78 is 51.8. The lowest BCUT2D eigenvalue weighted by molar-refractivity contribution is -0.137. The van der Waals surface area contributed by atoms with Gasteiger partial charge >= 0.3 is 6.18 Å². The van der Waals surface area contributed by atoms with Crippen molar-refractivity contribution in [2.75, 3.05) is 46.3 Å². The largest absolute Gasteiger partial charge is 0.416 e. The van der Waals surface area contributed by atoms with Crippen molar-refractivity contribution < 1.29 is 17.6 Å². The van der Waals surface area contributed by atoms with E-state index in [1.54, 1.807) is 0 Å². The topological polar surface area (TPSA) is 9.72 Å². The van der Waals surface area contributed by atoms with Crippen molar-refractivity contribution in [1.29, 1.82) is 0 Å². The Morgan fingerprint density at radius 2 is 1.64 bits per heavy atom. The molecule has 0 aromatic heterocycles. The summed E-state index contributed by atoms with van der Waals surface area (Å²) in [5, 5.41) is 0. The van der Waals surface area contributed by atoms with Crippen molar-refractivity contribution in [2.45, 2.75) is 31.6 Å². The maximum Gasteiger partial charge on any atom is 0.416 e. The van der Waals surface area contributed by atoms with Crippen LogP contribution in [0.5, 0.6) is 0 Å². The van der Waals surface area contributed by atoms with Crippen molar-refractivity contribution in [3.8, 4) is 0 Å². The predicted molar refractivity (Wildman–Crippen MR) is 88.8 cm³/mol. The van der Waals surface area contributed by atoms with Crippen LogP contribution in [0, 0.1) is 5.82 Å². The highest BCUT2D eigenvalue weighted by Gasteiger charge is 2.31. The Hall–Kier alpha value is -1.18. The summed E-state index contributed by atoms with van der Waals surface area (Å²) in [5.74, 6) is -0.771. The Morgan fingerprint density at radius 3 is 2.20 bits per heavy atom. The first-order valence-electron chi connectivity index (χ1n) is 8.83. The third-order valence-corrected chi connectivity index (χ3v) is 5.39. The standard InChI is InChI=1S/C18H25F4N3/c1-23-6-4-16(5-7-23)25-10-8-24(9-11-25)13-14-2-3-15(12-17(14)19)18(20,21)22/h2-3,12,16H,4-11,13H2,1H3. The molecule has 0 spiro atoms. The molecule has 3 nitrogen and oxygen atoms in total. The van der Waals surface area contributed by atoms with Crippen LogP contribution in [0.25, 0.3) is 0 Å². The molecule has 1 aromatic rings. The molecule has 0 aliphatic carbocycles. The molecule has 25 heavy (non-hydrogen) atoms. The van der Waals surface area contributed by atoms with Gasteiger partial charge in [-0.05, 0) is 45.1 Å². The first-order valence-corrected chi connectivity index (χ1v) is 8.83. The minimum absolute atomic E-state index is 0.334. The summed E-state index contributed by atoms with van der Waals surface area (Å²) >= 11 is 0. The number of hydrogen-bond acceptors (Lipinski definition) is 3. The molecule has 0 bridgehead atoms. The lowest BCUT2D eigenvalue weighted by atomic mass is 10.0. The second-order valence-electron chi connectivity index (χ2n) is 7.15. The zero-order chi connectivity index (χ0) is 18.0. The molecule has 3 rings (SSSR count). The minimum Gasteiger partial charge on any atom is -0.306 e. The summed E-state index contributed by atoms with van der Waals surface area (Å²) in [5.41, 5.74) is -0.596. The highest BCUT2D eigenvalue weighted by molar-refractivity contribution is 5.26. The van der Waals surface area contributed by atoms with E-state index in [9.17, 15) is 17.6 Å². The molecule has 0 N–H and O–H groups in total. The maximum absolute atomic E-state index is 14.0. The summed E-state index contributed by atoms with van der Waals surface area (Å²) in [7, 11) is 2.15. The molecule has 2 saturated heterocycles. The molecule has 0 saturated carbocycles. The normalized spacial score (nSPS) is 22.4. The van der Waals surface area contributed by atoms with Crippen LogP contribution in [0.2, 0.25) is 0 Å². The number of halogens is 4. The molecule has 2 aliphatic rings. The molecule has 2 heterocycles. The van der Waals surface area contributed by atoms with Gasteiger partial charge in [-0.15, -0.1) is 0 Å². The third-order valence-electron chi connectivity index (χ3n) is 5.39. The quantitative estimate of drug-likeness (QED) is 0.768. The zero-order valence-electron chi connectivity index (χ0n) is 14.5. The van der Waals surface area contributed by atoms with Gasteiger partial charge in [0, 0.05) is 44.3 Å². The van der Waals surface area contributed by atoms with Crippen molar-refractivity contribution in [1.82, 2.24) is 14.7 Å². The number of piperazine rings is 1. The van der Waals surface area contributed by atoms with Crippen LogP contribution in [0.15, 0.2) is 18.2 Å². The fraction of sp³-hybridized carbons (Fsp3) is 0.667. The molecule has 0 atom stereocenters. The molecule has 2 fully saturated rings. The monoisotopic (exact) mass is 359 g/mol. The van der Waals surface area contributed by atoms with Crippen LogP contribution in [0.4, 0.5) is 17.6 Å². The summed E-state index contributed by atoms with van der Waals surface area (Å²) in [6, 6.07) is 3.46. The lowest BCUT2D eigenvalue weighted by Gasteiger charge is -2.42. The van der Waals surface area contributed by atoms with E-state index >= 15 is 0 Å². The van der Waals surface area contributed by atoms with Crippen LogP contribution in [0.1, 0.15) is 24.0 Å². The molecule has 0 unspecified atom stereocenters. The number of likely N-dealkylation sites (tertiary alicyclic amines) is 1. The highest BCUT2D eigenvalue weighted by atomic mass is 19.4. The van der Waals surface area contributed by atoms with Crippen LogP contribution >= 0.6 is 0 Å². The molecular formula is C18H25F4N3. The van der Waals surface area contributed by atoms with E-state index in [4.69, 9.17) is 0 Å². The molecule has 140 valence electrons. The molecular weight excluding hydrogens is 334 g/mol. The third kappa shape index (κ3) is 4.71. The van der Waals surface area contributed by atoms with E-state index in [0.29, 0.717) is 24.2 Å². The van der Waals surface area contributed by atoms with E-state index in [-0.39, 0.29) is 0 Å². The fourth-order valence-electron chi connectivity index (χ4n) is 3.74. The predicted octanol–water partition coefficient (Wildman–Crippen LogP) is 3.06. The van der Waals surface area contributed by atoms with E-state index < -0.39 is 17.6 Å². The molecule has 7 heteroatoms. The Morgan fingerprint density at radius 1 is 1.00 bits per heavy atom. The maximum atomic E-state index is 14.0. The summed E-state index contributed by atoms with van der Waals surface area (Å²) in [6.45, 7) is 6.15. The Kier molecular flexibility index (Phi) is 5.65. The second-order valence-corrected chi connectivity index (χ2v) is 7.15. The Bertz CT molecular complexity index is 574. The number of alkyl halides is 3. The van der Waals surface area contributed by atoms with Gasteiger partial charge in [0.2, 0.25) is 0 Å². The lowest BCUT2D eigenvalue weighted by Crippen LogP contribution is -2.52. The van der Waals surface area contributed by atoms with Crippen molar-refractivity contribution in [2.24, 2.45) is 0 Å². The molecule has 2 aliphatic heterocycles. The summed E-state index contributed by atoms with van der Waals surface area (Å²) in [6.07, 6.45) is -2.13. The van der Waals surface area contributed by atoms with E-state index in [1.807, 2.05) is 0 Å². The van der Waals surface area contributed by atoms with Gasteiger partial charge in [0.15, 0.2) is 0 Å². The first kappa shape index (κ1) is 18.6. The molecule has 0 radical (unpaired) electrons. The minimum atomic E-state index is -4.50. The average molecular weight is 359 g/mol. The van der Waals surface area contributed by atoms with Gasteiger partial charge in [-0.2, -0.15) is 13.2 Å². The van der Waals surface area contributed by atoms with E-state index in [1.165, 1.54) is 18.9 Å². The summed E-state index contributed by atoms with van der Waals surface area (Å²) in [4.78, 5) is 6.98. The highest BCUT2D eigenvalue weighted by Crippen LogP contribution is 2.30. The van der Waals surface area contributed by atoms with Crippen molar-refractivity contribution in [3.63, 3.8) is 0 Å². The van der Waals surface area contributed by atoms with Gasteiger partial charge in [0.25, 0.3) is 0 Å². The van der Waals surface area contributed by atoms with Crippen LogP contribution in [0.3, 0.4) is 0 Å². The fourth-order valence-corrected chi connectivity index (χ4v) is 3.74. The van der Waals surface area contributed by atoms with Gasteiger partial charge in [0.05, 0.1) is 5.56 Å². The van der Waals surface area contributed by atoms with Crippen LogP contribution in [-0.2, 0) is 12.7 Å². The van der Waals surface area contributed by atoms with Crippen molar-refractivity contribution >= 4 is 0 Å². The smallest absolute Gasteiger partial charge is 0.306 e. The Balaban J connectivity index is 1.52. The zero-order valence-corrected chi connectivity index (χ0v) is 14.5. The van der Waals surface area contributed by atoms with E-state index in [2.05, 4.69) is 21.7 Å². The number of piperidine rings is 1. The van der Waals surface area contributed by atoms with Crippen LogP contribution in [-0.4, -0.2) is 67.1 Å². The second kappa shape index (κ2) is 7.60. The Labute approximate surface area is 146 Å². The van der Waals surface area contributed by atoms with Gasteiger partial charge in [0.1, 0.15) is 5.82 Å². The van der Waals surface area contributed by atoms with Crippen molar-refractivity contribution in [3.05, 3.63) is 35.1 Å². The molecule has 1 aromatic carbocycles. The van der Waals surface area contributed by atoms with Crippen LogP contribution < -0.4 is 0 Å². The van der Waals surface area contributed by atoms with Gasteiger partial charge in [-0.1, -0.05) is 6.07 Å². The van der Waals surface area contributed by atoms with Gasteiger partial charge in [-0.25, -0.2) is 4.39 Å².